The minimum atomic E-state index is 0.314. The summed E-state index contributed by atoms with van der Waals surface area (Å²) in [5.41, 5.74) is 0. The third kappa shape index (κ3) is 2.79. The summed E-state index contributed by atoms with van der Waals surface area (Å²) >= 11 is 1.89. The number of thioether (sulfide) groups is 1. The van der Waals surface area contributed by atoms with E-state index in [0.717, 1.165) is 31.6 Å². The molecule has 0 saturated heterocycles. The summed E-state index contributed by atoms with van der Waals surface area (Å²) in [6, 6.07) is 0. The number of aliphatic hydroxyl groups excluding tert-OH is 1. The van der Waals surface area contributed by atoms with Crippen molar-refractivity contribution in [1.29, 1.82) is 0 Å². The maximum absolute atomic E-state index is 8.71. The van der Waals surface area contributed by atoms with E-state index in [1.807, 2.05) is 11.8 Å². The van der Waals surface area contributed by atoms with Gasteiger partial charge in [-0.25, -0.2) is 0 Å². The number of hydrogen-bond donors (Lipinski definition) is 1. The summed E-state index contributed by atoms with van der Waals surface area (Å²) in [5.74, 6) is 1.77. The zero-order valence-electron chi connectivity index (χ0n) is 7.62. The van der Waals surface area contributed by atoms with E-state index in [2.05, 4.69) is 11.9 Å². The van der Waals surface area contributed by atoms with Gasteiger partial charge in [0, 0.05) is 24.8 Å². The van der Waals surface area contributed by atoms with Crippen LogP contribution in [0.1, 0.15) is 26.2 Å². The van der Waals surface area contributed by atoms with Crippen molar-refractivity contribution in [2.45, 2.75) is 26.2 Å². The van der Waals surface area contributed by atoms with Crippen molar-refractivity contribution in [2.75, 3.05) is 18.9 Å². The first kappa shape index (κ1) is 10.1. The summed E-state index contributed by atoms with van der Waals surface area (Å²) in [7, 11) is 0. The minimum Gasteiger partial charge on any atom is -0.396 e. The average molecular weight is 187 g/mol. The van der Waals surface area contributed by atoms with Gasteiger partial charge in [0.1, 0.15) is 0 Å². The van der Waals surface area contributed by atoms with Crippen LogP contribution in [0.25, 0.3) is 0 Å². The Morgan fingerprint density at radius 3 is 3.00 bits per heavy atom. The normalized spacial score (nSPS) is 19.3. The van der Waals surface area contributed by atoms with Gasteiger partial charge in [-0.05, 0) is 19.3 Å². The molecular formula is C9H17NOS. The van der Waals surface area contributed by atoms with Gasteiger partial charge < -0.3 is 5.11 Å². The number of aliphatic imine (C=N–C) groups is 1. The first-order valence-electron chi connectivity index (χ1n) is 4.66. The minimum absolute atomic E-state index is 0.314. The van der Waals surface area contributed by atoms with Gasteiger partial charge in [-0.15, -0.1) is 11.8 Å². The second-order valence-corrected chi connectivity index (χ2v) is 4.15. The van der Waals surface area contributed by atoms with E-state index in [1.54, 1.807) is 0 Å². The van der Waals surface area contributed by atoms with Crippen molar-refractivity contribution in [1.82, 2.24) is 0 Å². The summed E-state index contributed by atoms with van der Waals surface area (Å²) in [6.07, 6.45) is 3.17. The van der Waals surface area contributed by atoms with Gasteiger partial charge in [0.15, 0.2) is 0 Å². The van der Waals surface area contributed by atoms with Gasteiger partial charge in [0.05, 0.1) is 5.04 Å². The predicted octanol–water partition coefficient (Wildman–Crippen LogP) is 1.93. The molecule has 2 nitrogen and oxygen atoms in total. The molecule has 1 N–H and O–H groups in total. The Hall–Kier alpha value is -0.0200. The van der Waals surface area contributed by atoms with E-state index in [4.69, 9.17) is 5.11 Å². The summed E-state index contributed by atoms with van der Waals surface area (Å²) in [4.78, 5) is 4.46. The monoisotopic (exact) mass is 187 g/mol. The van der Waals surface area contributed by atoms with Gasteiger partial charge in [0.25, 0.3) is 0 Å². The standard InChI is InChI=1S/C9H17NOS/c1-2-8(4-3-6-11)9-10-5-7-12-9/h8,11H,2-7H2,1H3. The zero-order valence-corrected chi connectivity index (χ0v) is 8.44. The first-order chi connectivity index (χ1) is 5.88. The Balaban J connectivity index is 2.33. The summed E-state index contributed by atoms with van der Waals surface area (Å²) < 4.78 is 0. The fourth-order valence-electron chi connectivity index (χ4n) is 1.44. The smallest absolute Gasteiger partial charge is 0.0707 e. The molecule has 3 heteroatoms. The van der Waals surface area contributed by atoms with Crippen molar-refractivity contribution in [3.05, 3.63) is 0 Å². The lowest BCUT2D eigenvalue weighted by Crippen LogP contribution is -2.09. The third-order valence-corrected chi connectivity index (χ3v) is 3.31. The van der Waals surface area contributed by atoms with Crippen LogP contribution in [0.5, 0.6) is 0 Å². The van der Waals surface area contributed by atoms with Crippen molar-refractivity contribution in [2.24, 2.45) is 10.9 Å². The van der Waals surface area contributed by atoms with Crippen molar-refractivity contribution < 1.29 is 5.11 Å². The molecule has 12 heavy (non-hydrogen) atoms. The highest BCUT2D eigenvalue weighted by Crippen LogP contribution is 2.24. The second kappa shape index (κ2) is 5.60. The number of rotatable bonds is 5. The number of nitrogens with zero attached hydrogens (tertiary/aromatic N) is 1. The lowest BCUT2D eigenvalue weighted by Gasteiger charge is -2.12. The van der Waals surface area contributed by atoms with E-state index in [1.165, 1.54) is 5.04 Å². The SMILES string of the molecule is CCC(CCCO)C1=NCCS1. The zero-order chi connectivity index (χ0) is 8.81. The van der Waals surface area contributed by atoms with Gasteiger partial charge in [-0.3, -0.25) is 4.99 Å². The molecular weight excluding hydrogens is 170 g/mol. The maximum atomic E-state index is 8.71. The predicted molar refractivity (Wildman–Crippen MR) is 54.9 cm³/mol. The molecule has 0 aliphatic carbocycles. The molecule has 0 radical (unpaired) electrons. The van der Waals surface area contributed by atoms with E-state index in [9.17, 15) is 0 Å². The number of aliphatic hydroxyl groups is 1. The molecule has 0 saturated carbocycles. The largest absolute Gasteiger partial charge is 0.396 e. The Labute approximate surface area is 78.5 Å². The summed E-state index contributed by atoms with van der Waals surface area (Å²) in [5, 5.41) is 10.0. The van der Waals surface area contributed by atoms with Crippen molar-refractivity contribution >= 4 is 16.8 Å². The second-order valence-electron chi connectivity index (χ2n) is 3.04. The highest BCUT2D eigenvalue weighted by atomic mass is 32.2. The van der Waals surface area contributed by atoms with Crippen LogP contribution in [0.3, 0.4) is 0 Å². The van der Waals surface area contributed by atoms with E-state index in [-0.39, 0.29) is 0 Å². The fourth-order valence-corrected chi connectivity index (χ4v) is 2.53. The van der Waals surface area contributed by atoms with Crippen LogP contribution in [0, 0.1) is 5.92 Å². The van der Waals surface area contributed by atoms with Crippen LogP contribution in [0.2, 0.25) is 0 Å². The van der Waals surface area contributed by atoms with Crippen LogP contribution >= 0.6 is 11.8 Å². The van der Waals surface area contributed by atoms with Crippen LogP contribution in [0.4, 0.5) is 0 Å². The Morgan fingerprint density at radius 2 is 2.50 bits per heavy atom. The molecule has 1 aliphatic rings. The lowest BCUT2D eigenvalue weighted by atomic mass is 10.0. The Morgan fingerprint density at radius 1 is 1.67 bits per heavy atom. The average Bonchev–Trinajstić information content (AvgIpc) is 2.59. The van der Waals surface area contributed by atoms with Crippen molar-refractivity contribution in [3.63, 3.8) is 0 Å². The molecule has 1 rings (SSSR count). The van der Waals surface area contributed by atoms with E-state index >= 15 is 0 Å². The highest BCUT2D eigenvalue weighted by Gasteiger charge is 2.16. The Bertz CT molecular complexity index is 159. The molecule has 70 valence electrons. The van der Waals surface area contributed by atoms with Gasteiger partial charge in [0.2, 0.25) is 0 Å². The molecule has 0 aromatic carbocycles. The van der Waals surface area contributed by atoms with Crippen LogP contribution < -0.4 is 0 Å². The number of hydrogen-bond acceptors (Lipinski definition) is 3. The fraction of sp³-hybridized carbons (Fsp3) is 0.889. The summed E-state index contributed by atoms with van der Waals surface area (Å²) in [6.45, 7) is 3.51. The highest BCUT2D eigenvalue weighted by molar-refractivity contribution is 8.14. The molecule has 1 atom stereocenters. The molecule has 0 aromatic heterocycles. The molecule has 0 fully saturated rings. The molecule has 0 bridgehead atoms. The molecule has 1 aliphatic heterocycles. The van der Waals surface area contributed by atoms with Gasteiger partial charge >= 0.3 is 0 Å². The quantitative estimate of drug-likeness (QED) is 0.713. The molecule has 1 heterocycles. The first-order valence-corrected chi connectivity index (χ1v) is 5.65. The van der Waals surface area contributed by atoms with Crippen molar-refractivity contribution in [3.8, 4) is 0 Å². The van der Waals surface area contributed by atoms with Crippen LogP contribution in [-0.4, -0.2) is 29.1 Å². The van der Waals surface area contributed by atoms with Crippen LogP contribution in [0.15, 0.2) is 4.99 Å². The molecule has 1 unspecified atom stereocenters. The molecule has 0 aromatic rings. The Kier molecular flexibility index (Phi) is 4.69. The molecule has 0 amide bonds. The maximum Gasteiger partial charge on any atom is 0.0707 e. The van der Waals surface area contributed by atoms with Crippen LogP contribution in [-0.2, 0) is 0 Å². The topological polar surface area (TPSA) is 32.6 Å². The lowest BCUT2D eigenvalue weighted by molar-refractivity contribution is 0.278. The van der Waals surface area contributed by atoms with E-state index < -0.39 is 0 Å². The molecule has 0 spiro atoms. The van der Waals surface area contributed by atoms with Gasteiger partial charge in [-0.1, -0.05) is 6.92 Å². The van der Waals surface area contributed by atoms with E-state index in [0.29, 0.717) is 12.5 Å². The van der Waals surface area contributed by atoms with Gasteiger partial charge in [-0.2, -0.15) is 0 Å². The third-order valence-electron chi connectivity index (χ3n) is 2.16.